The van der Waals surface area contributed by atoms with E-state index < -0.39 is 6.10 Å². The highest BCUT2D eigenvalue weighted by atomic mass is 32.1. The van der Waals surface area contributed by atoms with E-state index >= 15 is 0 Å². The highest BCUT2D eigenvalue weighted by Gasteiger charge is 2.17. The van der Waals surface area contributed by atoms with E-state index in [1.165, 1.54) is 22.2 Å². The maximum atomic E-state index is 13.0. The number of hydrogen-bond acceptors (Lipinski definition) is 4. The molecule has 4 rings (SSSR count). The van der Waals surface area contributed by atoms with Crippen LogP contribution in [0, 0.1) is 6.92 Å². The molecule has 1 N–H and O–H groups in total. The summed E-state index contributed by atoms with van der Waals surface area (Å²) in [6.45, 7) is 2.14. The summed E-state index contributed by atoms with van der Waals surface area (Å²) in [5.74, 6) is 0. The van der Waals surface area contributed by atoms with Gasteiger partial charge in [-0.1, -0.05) is 60.7 Å². The summed E-state index contributed by atoms with van der Waals surface area (Å²) in [6, 6.07) is 19.4. The molecule has 2 aromatic carbocycles. The molecule has 0 aliphatic heterocycles. The second-order valence-corrected chi connectivity index (χ2v) is 7.23. The standard InChI is InChI=1S/C21H18N2O2S/c1-14-18-20(26-19(14)16-10-6-3-7-11-16)22-13-23(21(18)25)12-17(24)15-8-4-2-5-9-15/h2-11,13,17,24H,12H2,1H3/t17-/m1/s1. The summed E-state index contributed by atoms with van der Waals surface area (Å²) in [6.07, 6.45) is 0.780. The second-order valence-electron chi connectivity index (χ2n) is 6.23. The molecule has 0 bridgehead atoms. The molecule has 4 nitrogen and oxygen atoms in total. The number of benzene rings is 2. The largest absolute Gasteiger partial charge is 0.387 e. The molecule has 0 amide bonds. The van der Waals surface area contributed by atoms with Crippen LogP contribution in [0.4, 0.5) is 0 Å². The van der Waals surface area contributed by atoms with Gasteiger partial charge in [0.15, 0.2) is 0 Å². The van der Waals surface area contributed by atoms with Crippen LogP contribution in [0.2, 0.25) is 0 Å². The number of aliphatic hydroxyl groups is 1. The maximum absolute atomic E-state index is 13.0. The summed E-state index contributed by atoms with van der Waals surface area (Å²) in [7, 11) is 0. The number of aliphatic hydroxyl groups excluding tert-OH is 1. The first-order valence-corrected chi connectivity index (χ1v) is 9.24. The SMILES string of the molecule is Cc1c(-c2ccccc2)sc2ncn(C[C@@H](O)c3ccccc3)c(=O)c12. The summed E-state index contributed by atoms with van der Waals surface area (Å²) in [5, 5.41) is 11.1. The Morgan fingerprint density at radius 2 is 1.73 bits per heavy atom. The number of thiophene rings is 1. The Kier molecular flexibility index (Phi) is 4.41. The van der Waals surface area contributed by atoms with Gasteiger partial charge in [0.1, 0.15) is 4.83 Å². The fourth-order valence-electron chi connectivity index (χ4n) is 3.12. The predicted molar refractivity (Wildman–Crippen MR) is 105 cm³/mol. The van der Waals surface area contributed by atoms with Gasteiger partial charge in [-0.05, 0) is 23.6 Å². The molecule has 0 saturated heterocycles. The van der Waals surface area contributed by atoms with E-state index in [0.717, 1.165) is 26.4 Å². The van der Waals surface area contributed by atoms with Gasteiger partial charge < -0.3 is 5.11 Å². The minimum absolute atomic E-state index is 0.110. The van der Waals surface area contributed by atoms with Crippen molar-refractivity contribution in [1.29, 1.82) is 0 Å². The van der Waals surface area contributed by atoms with Crippen LogP contribution in [0.15, 0.2) is 71.8 Å². The maximum Gasteiger partial charge on any atom is 0.262 e. The van der Waals surface area contributed by atoms with Crippen molar-refractivity contribution in [2.75, 3.05) is 0 Å². The van der Waals surface area contributed by atoms with Gasteiger partial charge in [0, 0.05) is 4.88 Å². The molecule has 0 radical (unpaired) electrons. The molecule has 4 aromatic rings. The zero-order valence-corrected chi connectivity index (χ0v) is 15.1. The van der Waals surface area contributed by atoms with E-state index in [9.17, 15) is 9.90 Å². The van der Waals surface area contributed by atoms with Crippen molar-refractivity contribution in [3.8, 4) is 10.4 Å². The van der Waals surface area contributed by atoms with Crippen molar-refractivity contribution in [1.82, 2.24) is 9.55 Å². The lowest BCUT2D eigenvalue weighted by molar-refractivity contribution is 0.155. The molecule has 2 aromatic heterocycles. The zero-order chi connectivity index (χ0) is 18.1. The van der Waals surface area contributed by atoms with Crippen LogP contribution >= 0.6 is 11.3 Å². The second kappa shape index (κ2) is 6.86. The van der Waals surface area contributed by atoms with Crippen LogP contribution in [-0.4, -0.2) is 14.7 Å². The summed E-state index contributed by atoms with van der Waals surface area (Å²) in [4.78, 5) is 19.2. The first-order valence-electron chi connectivity index (χ1n) is 8.42. The molecule has 26 heavy (non-hydrogen) atoms. The van der Waals surface area contributed by atoms with Gasteiger partial charge in [0.25, 0.3) is 5.56 Å². The van der Waals surface area contributed by atoms with Gasteiger partial charge in [-0.2, -0.15) is 0 Å². The van der Waals surface area contributed by atoms with Crippen molar-refractivity contribution in [2.24, 2.45) is 0 Å². The third-order valence-corrected chi connectivity index (χ3v) is 5.76. The quantitative estimate of drug-likeness (QED) is 0.593. The Morgan fingerprint density at radius 1 is 1.08 bits per heavy atom. The molecular formula is C21H18N2O2S. The Bertz CT molecular complexity index is 1100. The zero-order valence-electron chi connectivity index (χ0n) is 14.3. The lowest BCUT2D eigenvalue weighted by atomic mass is 10.1. The molecular weight excluding hydrogens is 344 g/mol. The van der Waals surface area contributed by atoms with Gasteiger partial charge in [0.05, 0.1) is 24.4 Å². The van der Waals surface area contributed by atoms with Gasteiger partial charge in [-0.3, -0.25) is 9.36 Å². The van der Waals surface area contributed by atoms with E-state index in [2.05, 4.69) is 4.98 Å². The van der Waals surface area contributed by atoms with Crippen LogP contribution in [0.3, 0.4) is 0 Å². The van der Waals surface area contributed by atoms with Gasteiger partial charge >= 0.3 is 0 Å². The Morgan fingerprint density at radius 3 is 2.42 bits per heavy atom. The summed E-state index contributed by atoms with van der Waals surface area (Å²) >= 11 is 1.53. The third kappa shape index (κ3) is 2.96. The van der Waals surface area contributed by atoms with Gasteiger partial charge in [-0.25, -0.2) is 4.98 Å². The van der Waals surface area contributed by atoms with Crippen molar-refractivity contribution < 1.29 is 5.11 Å². The van der Waals surface area contributed by atoms with Crippen LogP contribution in [0.25, 0.3) is 20.7 Å². The van der Waals surface area contributed by atoms with Crippen molar-refractivity contribution in [3.63, 3.8) is 0 Å². The number of nitrogens with zero attached hydrogens (tertiary/aromatic N) is 2. The normalized spacial score (nSPS) is 12.4. The number of rotatable bonds is 4. The monoisotopic (exact) mass is 362 g/mol. The fourth-order valence-corrected chi connectivity index (χ4v) is 4.27. The smallest absolute Gasteiger partial charge is 0.262 e. The molecule has 0 fully saturated rings. The summed E-state index contributed by atoms with van der Waals surface area (Å²) < 4.78 is 1.49. The molecule has 0 aliphatic rings. The highest BCUT2D eigenvalue weighted by Crippen LogP contribution is 2.35. The molecule has 0 saturated carbocycles. The predicted octanol–water partition coefficient (Wildman–Crippen LogP) is 4.17. The molecule has 0 unspecified atom stereocenters. The average molecular weight is 362 g/mol. The third-order valence-electron chi connectivity index (χ3n) is 4.51. The van der Waals surface area contributed by atoms with Crippen LogP contribution in [0.5, 0.6) is 0 Å². The van der Waals surface area contributed by atoms with E-state index in [1.54, 1.807) is 0 Å². The Hall–Kier alpha value is -2.76. The molecule has 0 spiro atoms. The van der Waals surface area contributed by atoms with E-state index in [1.807, 2.05) is 67.6 Å². The lowest BCUT2D eigenvalue weighted by Crippen LogP contribution is -2.23. The molecule has 2 heterocycles. The molecule has 130 valence electrons. The number of hydrogen-bond donors (Lipinski definition) is 1. The van der Waals surface area contributed by atoms with E-state index in [4.69, 9.17) is 0 Å². The van der Waals surface area contributed by atoms with Gasteiger partial charge in [0.2, 0.25) is 0 Å². The molecule has 1 atom stereocenters. The van der Waals surface area contributed by atoms with Crippen molar-refractivity contribution in [3.05, 3.63) is 88.5 Å². The van der Waals surface area contributed by atoms with Crippen molar-refractivity contribution >= 4 is 21.6 Å². The van der Waals surface area contributed by atoms with E-state index in [0.29, 0.717) is 5.39 Å². The first kappa shape index (κ1) is 16.7. The van der Waals surface area contributed by atoms with Crippen molar-refractivity contribution in [2.45, 2.75) is 19.6 Å². The summed E-state index contributed by atoms with van der Waals surface area (Å²) in [5.41, 5.74) is 2.70. The van der Waals surface area contributed by atoms with E-state index in [-0.39, 0.29) is 12.1 Å². The first-order chi connectivity index (χ1) is 12.6. The molecule has 5 heteroatoms. The number of aryl methyl sites for hydroxylation is 1. The lowest BCUT2D eigenvalue weighted by Gasteiger charge is -2.12. The average Bonchev–Trinajstić information content (AvgIpc) is 3.02. The Labute approximate surface area is 155 Å². The van der Waals surface area contributed by atoms with Gasteiger partial charge in [-0.15, -0.1) is 11.3 Å². The minimum Gasteiger partial charge on any atom is -0.387 e. The highest BCUT2D eigenvalue weighted by molar-refractivity contribution is 7.22. The Balaban J connectivity index is 1.76. The van der Waals surface area contributed by atoms with Crippen LogP contribution < -0.4 is 5.56 Å². The minimum atomic E-state index is -0.749. The van der Waals surface area contributed by atoms with Crippen LogP contribution in [-0.2, 0) is 6.54 Å². The number of aromatic nitrogens is 2. The fraction of sp³-hybridized carbons (Fsp3) is 0.143. The topological polar surface area (TPSA) is 55.1 Å². The molecule has 0 aliphatic carbocycles. The van der Waals surface area contributed by atoms with Crippen LogP contribution in [0.1, 0.15) is 17.2 Å². The number of fused-ring (bicyclic) bond motifs is 1.